The molecular formula is C27H27ClN2O2. The first-order valence-electron chi connectivity index (χ1n) is 10.8. The second-order valence-electron chi connectivity index (χ2n) is 7.55. The lowest BCUT2D eigenvalue weighted by atomic mass is 10.1. The molecule has 4 aromatic rings. The van der Waals surface area contributed by atoms with E-state index >= 15 is 0 Å². The maximum atomic E-state index is 6.41. The van der Waals surface area contributed by atoms with E-state index in [-0.39, 0.29) is 0 Å². The Morgan fingerprint density at radius 2 is 1.81 bits per heavy atom. The zero-order valence-electron chi connectivity index (χ0n) is 18.4. The Labute approximate surface area is 194 Å². The van der Waals surface area contributed by atoms with Gasteiger partial charge in [-0.05, 0) is 54.8 Å². The van der Waals surface area contributed by atoms with E-state index in [9.17, 15) is 0 Å². The van der Waals surface area contributed by atoms with Crippen LogP contribution in [0.3, 0.4) is 0 Å². The Hall–Kier alpha value is -3.24. The van der Waals surface area contributed by atoms with Crippen LogP contribution in [0.5, 0.6) is 11.5 Å². The molecule has 0 aliphatic heterocycles. The summed E-state index contributed by atoms with van der Waals surface area (Å²) in [5.41, 5.74) is 4.29. The molecule has 164 valence electrons. The van der Waals surface area contributed by atoms with Gasteiger partial charge in [-0.25, -0.2) is 4.98 Å². The van der Waals surface area contributed by atoms with Crippen LogP contribution in [0.2, 0.25) is 5.02 Å². The number of allylic oxidation sites excluding steroid dienone is 1. The van der Waals surface area contributed by atoms with Crippen molar-refractivity contribution in [2.45, 2.75) is 26.3 Å². The highest BCUT2D eigenvalue weighted by molar-refractivity contribution is 6.31. The first-order valence-corrected chi connectivity index (χ1v) is 11.2. The first-order chi connectivity index (χ1) is 15.7. The number of nitrogens with zero attached hydrogens (tertiary/aromatic N) is 2. The molecule has 0 aliphatic carbocycles. The monoisotopic (exact) mass is 446 g/mol. The SMILES string of the molecule is C/C=C/c1ccc(OCCCn2c(Cc3ccccc3Cl)nc3ccccc32)c(OC)c1. The van der Waals surface area contributed by atoms with Crippen molar-refractivity contribution in [3.63, 3.8) is 0 Å². The maximum Gasteiger partial charge on any atom is 0.161 e. The molecule has 5 heteroatoms. The van der Waals surface area contributed by atoms with Crippen LogP contribution in [0.25, 0.3) is 17.1 Å². The lowest BCUT2D eigenvalue weighted by Gasteiger charge is -2.13. The fourth-order valence-corrected chi connectivity index (χ4v) is 4.03. The number of fused-ring (bicyclic) bond motifs is 1. The molecule has 0 saturated carbocycles. The van der Waals surface area contributed by atoms with E-state index in [1.54, 1.807) is 7.11 Å². The van der Waals surface area contributed by atoms with Gasteiger partial charge >= 0.3 is 0 Å². The largest absolute Gasteiger partial charge is 0.493 e. The smallest absolute Gasteiger partial charge is 0.161 e. The van der Waals surface area contributed by atoms with Gasteiger partial charge in [0.25, 0.3) is 0 Å². The Kier molecular flexibility index (Phi) is 7.13. The lowest BCUT2D eigenvalue weighted by molar-refractivity contribution is 0.282. The van der Waals surface area contributed by atoms with Gasteiger partial charge in [0.2, 0.25) is 0 Å². The van der Waals surface area contributed by atoms with Crippen LogP contribution in [0, 0.1) is 0 Å². The molecule has 0 unspecified atom stereocenters. The number of benzene rings is 3. The second-order valence-corrected chi connectivity index (χ2v) is 7.96. The number of hydrogen-bond acceptors (Lipinski definition) is 3. The molecule has 4 nitrogen and oxygen atoms in total. The van der Waals surface area contributed by atoms with Crippen molar-refractivity contribution < 1.29 is 9.47 Å². The Bertz CT molecular complexity index is 1230. The Balaban J connectivity index is 1.48. The quantitative estimate of drug-likeness (QED) is 0.265. The first kappa shape index (κ1) is 22.0. The van der Waals surface area contributed by atoms with E-state index in [1.165, 1.54) is 0 Å². The van der Waals surface area contributed by atoms with Crippen LogP contribution < -0.4 is 9.47 Å². The fourth-order valence-electron chi connectivity index (χ4n) is 3.83. The minimum absolute atomic E-state index is 0.581. The standard InChI is InChI=1S/C27H27ClN2O2/c1-3-9-20-14-15-25(26(18-20)31-2)32-17-8-16-30-24-13-7-6-12-23(24)29-27(30)19-21-10-4-5-11-22(21)28/h3-7,9-15,18H,8,16-17,19H2,1-2H3/b9-3+. The summed E-state index contributed by atoms with van der Waals surface area (Å²) < 4.78 is 13.8. The normalized spacial score (nSPS) is 11.3. The number of rotatable bonds is 9. The zero-order valence-corrected chi connectivity index (χ0v) is 19.2. The summed E-state index contributed by atoms with van der Waals surface area (Å²) in [6.07, 6.45) is 5.58. The van der Waals surface area contributed by atoms with E-state index in [0.717, 1.165) is 57.5 Å². The van der Waals surface area contributed by atoms with E-state index in [4.69, 9.17) is 26.1 Å². The summed E-state index contributed by atoms with van der Waals surface area (Å²) in [6, 6.07) is 22.2. The third-order valence-electron chi connectivity index (χ3n) is 5.37. The molecule has 0 amide bonds. The lowest BCUT2D eigenvalue weighted by Crippen LogP contribution is -2.09. The van der Waals surface area contributed by atoms with Gasteiger partial charge < -0.3 is 14.0 Å². The summed E-state index contributed by atoms with van der Waals surface area (Å²) in [5.74, 6) is 2.51. The highest BCUT2D eigenvalue weighted by Crippen LogP contribution is 2.29. The van der Waals surface area contributed by atoms with Gasteiger partial charge in [-0.15, -0.1) is 0 Å². The Morgan fingerprint density at radius 3 is 2.62 bits per heavy atom. The highest BCUT2D eigenvalue weighted by Gasteiger charge is 2.13. The van der Waals surface area contributed by atoms with Crippen LogP contribution in [0.1, 0.15) is 30.3 Å². The van der Waals surface area contributed by atoms with Gasteiger partial charge in [0.1, 0.15) is 5.82 Å². The fraction of sp³-hybridized carbons (Fsp3) is 0.222. The van der Waals surface area contributed by atoms with Gasteiger partial charge in [0.05, 0.1) is 24.8 Å². The number of halogens is 1. The maximum absolute atomic E-state index is 6.41. The number of hydrogen-bond donors (Lipinski definition) is 0. The van der Waals surface area contributed by atoms with Gasteiger partial charge in [0.15, 0.2) is 11.5 Å². The van der Waals surface area contributed by atoms with Gasteiger partial charge in [-0.3, -0.25) is 0 Å². The highest BCUT2D eigenvalue weighted by atomic mass is 35.5. The molecule has 3 aromatic carbocycles. The van der Waals surface area contributed by atoms with Crippen LogP contribution in [-0.2, 0) is 13.0 Å². The van der Waals surface area contributed by atoms with Crippen LogP contribution in [-0.4, -0.2) is 23.3 Å². The molecule has 0 aliphatic rings. The summed E-state index contributed by atoms with van der Waals surface area (Å²) in [7, 11) is 1.67. The molecular weight excluding hydrogens is 420 g/mol. The molecule has 0 atom stereocenters. The van der Waals surface area contributed by atoms with Crippen molar-refractivity contribution in [2.75, 3.05) is 13.7 Å². The number of ether oxygens (including phenoxy) is 2. The molecule has 0 bridgehead atoms. The van der Waals surface area contributed by atoms with Crippen LogP contribution in [0.4, 0.5) is 0 Å². The van der Waals surface area contributed by atoms with E-state index < -0.39 is 0 Å². The second kappa shape index (κ2) is 10.4. The van der Waals surface area contributed by atoms with Crippen molar-refractivity contribution in [3.8, 4) is 11.5 Å². The minimum atomic E-state index is 0.581. The molecule has 1 heterocycles. The predicted molar refractivity (Wildman–Crippen MR) is 132 cm³/mol. The number of imidazole rings is 1. The Morgan fingerprint density at radius 1 is 1.00 bits per heavy atom. The zero-order chi connectivity index (χ0) is 22.3. The van der Waals surface area contributed by atoms with Gasteiger partial charge in [0, 0.05) is 18.0 Å². The van der Waals surface area contributed by atoms with E-state index in [0.29, 0.717) is 13.0 Å². The van der Waals surface area contributed by atoms with E-state index in [1.807, 2.05) is 67.6 Å². The van der Waals surface area contributed by atoms with E-state index in [2.05, 4.69) is 22.8 Å². The van der Waals surface area contributed by atoms with Crippen LogP contribution >= 0.6 is 11.6 Å². The summed E-state index contributed by atoms with van der Waals surface area (Å²) >= 11 is 6.41. The topological polar surface area (TPSA) is 36.3 Å². The average molecular weight is 447 g/mol. The summed E-state index contributed by atoms with van der Waals surface area (Å²) in [6.45, 7) is 3.38. The average Bonchev–Trinajstić information content (AvgIpc) is 3.16. The van der Waals surface area contributed by atoms with Crippen molar-refractivity contribution in [2.24, 2.45) is 0 Å². The van der Waals surface area contributed by atoms with Crippen molar-refractivity contribution in [1.29, 1.82) is 0 Å². The van der Waals surface area contributed by atoms with Crippen LogP contribution in [0.15, 0.2) is 72.8 Å². The van der Waals surface area contributed by atoms with Gasteiger partial charge in [-0.2, -0.15) is 0 Å². The minimum Gasteiger partial charge on any atom is -0.493 e. The molecule has 4 rings (SSSR count). The number of methoxy groups -OCH3 is 1. The molecule has 0 radical (unpaired) electrons. The van der Waals surface area contributed by atoms with Crippen molar-refractivity contribution in [1.82, 2.24) is 9.55 Å². The van der Waals surface area contributed by atoms with Crippen molar-refractivity contribution in [3.05, 3.63) is 94.8 Å². The third-order valence-corrected chi connectivity index (χ3v) is 5.74. The number of aromatic nitrogens is 2. The third kappa shape index (κ3) is 4.97. The molecule has 1 aromatic heterocycles. The molecule has 0 spiro atoms. The molecule has 32 heavy (non-hydrogen) atoms. The summed E-state index contributed by atoms with van der Waals surface area (Å²) in [5, 5.41) is 0.767. The van der Waals surface area contributed by atoms with Crippen molar-refractivity contribution >= 4 is 28.7 Å². The summed E-state index contributed by atoms with van der Waals surface area (Å²) in [4.78, 5) is 4.88. The molecule has 0 saturated heterocycles. The number of para-hydroxylation sites is 2. The van der Waals surface area contributed by atoms with Gasteiger partial charge in [-0.1, -0.05) is 60.2 Å². The predicted octanol–water partition coefficient (Wildman–Crippen LogP) is 6.79. The molecule has 0 N–H and O–H groups in total. The molecule has 0 fully saturated rings. The number of aryl methyl sites for hydroxylation is 1.